The van der Waals surface area contributed by atoms with Gasteiger partial charge in [-0.05, 0) is 56.9 Å². The van der Waals surface area contributed by atoms with Crippen molar-refractivity contribution in [3.05, 3.63) is 58.1 Å². The van der Waals surface area contributed by atoms with Crippen LogP contribution in [0.5, 0.6) is 0 Å². The van der Waals surface area contributed by atoms with Crippen LogP contribution in [0.2, 0.25) is 5.02 Å². The maximum Gasteiger partial charge on any atom is 0.0600 e. The van der Waals surface area contributed by atoms with E-state index in [-0.39, 0.29) is 0 Å². The summed E-state index contributed by atoms with van der Waals surface area (Å²) in [5.41, 5.74) is 4.62. The van der Waals surface area contributed by atoms with Gasteiger partial charge in [0.05, 0.1) is 6.54 Å². The SMILES string of the molecule is Cc1ccc2c(c1)C=C(C#CCN(C)C)c1cc(Cl)ccc1S2. The number of fused-ring (bicyclic) bond motifs is 2. The molecule has 2 aromatic rings. The van der Waals surface area contributed by atoms with Crippen LogP contribution in [0.15, 0.2) is 46.2 Å². The quantitative estimate of drug-likeness (QED) is 0.655. The molecule has 0 aliphatic carbocycles. The number of nitrogens with zero attached hydrogens (tertiary/aromatic N) is 1. The maximum atomic E-state index is 6.22. The van der Waals surface area contributed by atoms with Crippen molar-refractivity contribution in [2.24, 2.45) is 0 Å². The fourth-order valence-electron chi connectivity index (χ4n) is 2.42. The van der Waals surface area contributed by atoms with Gasteiger partial charge in [-0.2, -0.15) is 0 Å². The fraction of sp³-hybridized carbons (Fsp3) is 0.200. The molecule has 0 saturated heterocycles. The lowest BCUT2D eigenvalue weighted by Gasteiger charge is -2.07. The largest absolute Gasteiger partial charge is 0.299 e. The number of hydrogen-bond acceptors (Lipinski definition) is 2. The summed E-state index contributed by atoms with van der Waals surface area (Å²) in [4.78, 5) is 4.52. The Kier molecular flexibility index (Phi) is 4.82. The van der Waals surface area contributed by atoms with E-state index in [9.17, 15) is 0 Å². The zero-order chi connectivity index (χ0) is 16.4. The van der Waals surface area contributed by atoms with E-state index in [4.69, 9.17) is 11.6 Å². The van der Waals surface area contributed by atoms with Crippen molar-refractivity contribution in [3.63, 3.8) is 0 Å². The summed E-state index contributed by atoms with van der Waals surface area (Å²) in [5.74, 6) is 6.58. The molecule has 0 N–H and O–H groups in total. The van der Waals surface area contributed by atoms with E-state index in [2.05, 4.69) is 54.0 Å². The highest BCUT2D eigenvalue weighted by molar-refractivity contribution is 7.99. The highest BCUT2D eigenvalue weighted by atomic mass is 35.5. The van der Waals surface area contributed by atoms with Crippen molar-refractivity contribution in [2.75, 3.05) is 20.6 Å². The molecule has 1 aliphatic heterocycles. The first-order chi connectivity index (χ1) is 11.0. The Morgan fingerprint density at radius 1 is 1.09 bits per heavy atom. The minimum absolute atomic E-state index is 0.737. The molecule has 0 saturated carbocycles. The second kappa shape index (κ2) is 6.84. The van der Waals surface area contributed by atoms with Gasteiger partial charge in [0.25, 0.3) is 0 Å². The average molecular weight is 340 g/mol. The van der Waals surface area contributed by atoms with Gasteiger partial charge in [0.1, 0.15) is 0 Å². The highest BCUT2D eigenvalue weighted by Crippen LogP contribution is 2.41. The zero-order valence-electron chi connectivity index (χ0n) is 13.5. The molecule has 1 heterocycles. The van der Waals surface area contributed by atoms with Gasteiger partial charge in [-0.25, -0.2) is 0 Å². The van der Waals surface area contributed by atoms with Crippen LogP contribution in [-0.2, 0) is 0 Å². The molecule has 23 heavy (non-hydrogen) atoms. The van der Waals surface area contributed by atoms with Crippen LogP contribution < -0.4 is 0 Å². The van der Waals surface area contributed by atoms with Crippen LogP contribution in [0.25, 0.3) is 11.6 Å². The summed E-state index contributed by atoms with van der Waals surface area (Å²) < 4.78 is 0. The van der Waals surface area contributed by atoms with Crippen molar-refractivity contribution >= 4 is 35.0 Å². The molecule has 0 bridgehead atoms. The molecular weight excluding hydrogens is 322 g/mol. The van der Waals surface area contributed by atoms with Crippen molar-refractivity contribution in [2.45, 2.75) is 16.7 Å². The van der Waals surface area contributed by atoms with Crippen molar-refractivity contribution < 1.29 is 0 Å². The van der Waals surface area contributed by atoms with Crippen LogP contribution >= 0.6 is 23.4 Å². The fourth-order valence-corrected chi connectivity index (χ4v) is 3.62. The minimum atomic E-state index is 0.737. The van der Waals surface area contributed by atoms with E-state index in [1.165, 1.54) is 20.9 Å². The molecule has 3 heteroatoms. The maximum absolute atomic E-state index is 6.22. The Bertz CT molecular complexity index is 840. The normalized spacial score (nSPS) is 12.7. The molecule has 0 amide bonds. The van der Waals surface area contributed by atoms with E-state index < -0.39 is 0 Å². The number of aryl methyl sites for hydroxylation is 1. The van der Waals surface area contributed by atoms with E-state index >= 15 is 0 Å². The molecule has 0 spiro atoms. The minimum Gasteiger partial charge on any atom is -0.299 e. The number of benzene rings is 2. The molecular formula is C20H18ClNS. The predicted molar refractivity (Wildman–Crippen MR) is 101 cm³/mol. The number of halogens is 1. The molecule has 0 unspecified atom stereocenters. The van der Waals surface area contributed by atoms with E-state index in [1.54, 1.807) is 11.8 Å². The molecule has 1 nitrogen and oxygen atoms in total. The number of hydrogen-bond donors (Lipinski definition) is 0. The average Bonchev–Trinajstić information content (AvgIpc) is 2.63. The van der Waals surface area contributed by atoms with Gasteiger partial charge < -0.3 is 0 Å². The van der Waals surface area contributed by atoms with Crippen LogP contribution in [0.3, 0.4) is 0 Å². The first-order valence-electron chi connectivity index (χ1n) is 7.46. The Hall–Kier alpha value is -1.66. The molecule has 0 fully saturated rings. The summed E-state index contributed by atoms with van der Waals surface area (Å²) in [6.07, 6.45) is 2.18. The predicted octanol–water partition coefficient (Wildman–Crippen LogP) is 5.22. The van der Waals surface area contributed by atoms with Crippen LogP contribution in [0.4, 0.5) is 0 Å². The summed E-state index contributed by atoms with van der Waals surface area (Å²) in [7, 11) is 4.05. The summed E-state index contributed by atoms with van der Waals surface area (Å²) in [5, 5.41) is 0.742. The van der Waals surface area contributed by atoms with Crippen molar-refractivity contribution in [1.82, 2.24) is 4.90 Å². The lowest BCUT2D eigenvalue weighted by atomic mass is 10.0. The first-order valence-corrected chi connectivity index (χ1v) is 8.66. The topological polar surface area (TPSA) is 3.24 Å². The lowest BCUT2D eigenvalue weighted by Crippen LogP contribution is -2.10. The molecule has 0 radical (unpaired) electrons. The molecule has 0 atom stereocenters. The molecule has 3 rings (SSSR count). The number of allylic oxidation sites excluding steroid dienone is 1. The van der Waals surface area contributed by atoms with Crippen LogP contribution in [0, 0.1) is 18.8 Å². The van der Waals surface area contributed by atoms with Crippen molar-refractivity contribution in [3.8, 4) is 11.8 Å². The zero-order valence-corrected chi connectivity index (χ0v) is 15.1. The molecule has 0 aromatic heterocycles. The van der Waals surface area contributed by atoms with Crippen LogP contribution in [0.1, 0.15) is 16.7 Å². The first kappa shape index (κ1) is 16.2. The Morgan fingerprint density at radius 2 is 1.87 bits per heavy atom. The van der Waals surface area contributed by atoms with Gasteiger partial charge in [-0.15, -0.1) is 0 Å². The van der Waals surface area contributed by atoms with Gasteiger partial charge in [0.2, 0.25) is 0 Å². The van der Waals surface area contributed by atoms with Gasteiger partial charge in [0.15, 0.2) is 0 Å². The Balaban J connectivity index is 2.15. The highest BCUT2D eigenvalue weighted by Gasteiger charge is 2.15. The molecule has 2 aromatic carbocycles. The molecule has 116 valence electrons. The third-order valence-electron chi connectivity index (χ3n) is 3.54. The number of rotatable bonds is 1. The third-order valence-corrected chi connectivity index (χ3v) is 4.94. The van der Waals surface area contributed by atoms with Gasteiger partial charge in [-0.1, -0.05) is 52.9 Å². The smallest absolute Gasteiger partial charge is 0.0600 e. The molecule has 1 aliphatic rings. The van der Waals surface area contributed by atoms with Gasteiger partial charge >= 0.3 is 0 Å². The van der Waals surface area contributed by atoms with E-state index in [1.807, 2.05) is 26.2 Å². The summed E-state index contributed by atoms with van der Waals surface area (Å²) >= 11 is 8.00. The second-order valence-electron chi connectivity index (χ2n) is 5.88. The van der Waals surface area contributed by atoms with Crippen LogP contribution in [-0.4, -0.2) is 25.5 Å². The summed E-state index contributed by atoms with van der Waals surface area (Å²) in [6, 6.07) is 12.6. The lowest BCUT2D eigenvalue weighted by molar-refractivity contribution is 0.464. The van der Waals surface area contributed by atoms with Gasteiger partial charge in [-0.3, -0.25) is 4.90 Å². The van der Waals surface area contributed by atoms with E-state index in [0.29, 0.717) is 0 Å². The van der Waals surface area contributed by atoms with Gasteiger partial charge in [0, 0.05) is 26.0 Å². The Labute approximate surface area is 147 Å². The van der Waals surface area contributed by atoms with Crippen molar-refractivity contribution in [1.29, 1.82) is 0 Å². The second-order valence-corrected chi connectivity index (χ2v) is 7.40. The Morgan fingerprint density at radius 3 is 2.65 bits per heavy atom. The van der Waals surface area contributed by atoms with E-state index in [0.717, 1.165) is 22.7 Å². The third kappa shape index (κ3) is 3.82. The monoisotopic (exact) mass is 339 g/mol. The standard InChI is InChI=1S/C20H18ClNS/c1-14-6-8-19-16(11-14)12-15(5-4-10-22(2)3)18-13-17(21)7-9-20(18)23-19/h6-9,11-13H,10H2,1-3H3. The summed E-state index contributed by atoms with van der Waals surface area (Å²) in [6.45, 7) is 2.85.